The number of allylic oxidation sites excluding steroid dienone is 6. The Morgan fingerprint density at radius 2 is 2.05 bits per heavy atom. The number of ether oxygens (including phenoxy) is 2. The second kappa shape index (κ2) is 4.59. The lowest BCUT2D eigenvalue weighted by Gasteiger charge is -2.11. The minimum atomic E-state index is -0.162. The number of aromatic nitrogens is 1. The summed E-state index contributed by atoms with van der Waals surface area (Å²) in [6, 6.07) is 3.40. The van der Waals surface area contributed by atoms with E-state index >= 15 is 0 Å². The highest BCUT2D eigenvalue weighted by atomic mass is 16.5. The van der Waals surface area contributed by atoms with Gasteiger partial charge in [0, 0.05) is 11.6 Å². The molecule has 3 aliphatic carbocycles. The zero-order valence-electron chi connectivity index (χ0n) is 12.3. The average Bonchev–Trinajstić information content (AvgIpc) is 3.02. The molecule has 1 N–H and O–H groups in total. The fourth-order valence-corrected chi connectivity index (χ4v) is 2.81. The Morgan fingerprint density at radius 3 is 2.82 bits per heavy atom. The van der Waals surface area contributed by atoms with Gasteiger partial charge in [-0.2, -0.15) is 4.98 Å². The lowest BCUT2D eigenvalue weighted by Crippen LogP contribution is -2.15. The molecule has 1 aromatic heterocycles. The summed E-state index contributed by atoms with van der Waals surface area (Å²) in [5.74, 6) is 0.599. The predicted octanol–water partition coefficient (Wildman–Crippen LogP) is 2.54. The molecule has 0 aromatic carbocycles. The molecule has 0 atom stereocenters. The molecule has 110 valence electrons. The van der Waals surface area contributed by atoms with Crippen LogP contribution in [-0.4, -0.2) is 25.1 Å². The van der Waals surface area contributed by atoms with Crippen molar-refractivity contribution in [2.24, 2.45) is 0 Å². The largest absolute Gasteiger partial charge is 0.481 e. The number of rotatable bonds is 4. The van der Waals surface area contributed by atoms with E-state index in [4.69, 9.17) is 9.47 Å². The maximum Gasteiger partial charge on any atom is 0.256 e. The van der Waals surface area contributed by atoms with E-state index in [2.05, 4.69) is 16.4 Å². The number of hydrogen-bond donors (Lipinski definition) is 1. The highest BCUT2D eigenvalue weighted by molar-refractivity contribution is 6.09. The Kier molecular flexibility index (Phi) is 2.69. The van der Waals surface area contributed by atoms with Gasteiger partial charge in [0.2, 0.25) is 11.8 Å². The van der Waals surface area contributed by atoms with Gasteiger partial charge in [0.05, 0.1) is 14.2 Å². The van der Waals surface area contributed by atoms with Crippen LogP contribution in [0.25, 0.3) is 0 Å². The van der Waals surface area contributed by atoms with Gasteiger partial charge in [0.1, 0.15) is 5.69 Å². The molecule has 0 aliphatic heterocycles. The fourth-order valence-electron chi connectivity index (χ4n) is 2.81. The molecule has 1 aromatic rings. The Hall–Kier alpha value is -2.82. The number of nitrogens with one attached hydrogen (secondary N) is 1. The number of fused-ring (bicyclic) bond motifs is 2. The van der Waals surface area contributed by atoms with Gasteiger partial charge < -0.3 is 14.8 Å². The number of methoxy groups -OCH3 is 2. The van der Waals surface area contributed by atoms with Gasteiger partial charge in [-0.05, 0) is 46.9 Å². The third kappa shape index (κ3) is 1.86. The molecule has 0 radical (unpaired) electrons. The summed E-state index contributed by atoms with van der Waals surface area (Å²) in [6.07, 6.45) is 7.04. The zero-order valence-corrected chi connectivity index (χ0v) is 12.3. The number of hydrogen-bond acceptors (Lipinski definition) is 4. The monoisotopic (exact) mass is 294 g/mol. The van der Waals surface area contributed by atoms with Crippen LogP contribution in [0, 0.1) is 0 Å². The SMILES string of the molecule is COc1ccc(NC(=O)C2=C3C=C4CC4=C3C=C2)c(OC)n1. The molecule has 0 unspecified atom stereocenters. The summed E-state index contributed by atoms with van der Waals surface area (Å²) < 4.78 is 10.3. The smallest absolute Gasteiger partial charge is 0.256 e. The van der Waals surface area contributed by atoms with Gasteiger partial charge >= 0.3 is 0 Å². The Balaban J connectivity index is 1.61. The van der Waals surface area contributed by atoms with Crippen LogP contribution in [0.15, 0.2) is 58.2 Å². The van der Waals surface area contributed by atoms with E-state index in [1.807, 2.05) is 12.2 Å². The number of pyridine rings is 1. The van der Waals surface area contributed by atoms with Gasteiger partial charge in [0.15, 0.2) is 0 Å². The molecule has 0 spiro atoms. The first-order chi connectivity index (χ1) is 10.7. The highest BCUT2D eigenvalue weighted by Gasteiger charge is 2.35. The summed E-state index contributed by atoms with van der Waals surface area (Å²) >= 11 is 0. The van der Waals surface area contributed by atoms with Crippen LogP contribution >= 0.6 is 0 Å². The van der Waals surface area contributed by atoms with Gasteiger partial charge in [-0.1, -0.05) is 6.08 Å². The van der Waals surface area contributed by atoms with Crippen molar-refractivity contribution in [2.75, 3.05) is 19.5 Å². The summed E-state index contributed by atoms with van der Waals surface area (Å²) in [5, 5.41) is 2.85. The Labute approximate surface area is 127 Å². The third-order valence-electron chi connectivity index (χ3n) is 4.00. The minimum Gasteiger partial charge on any atom is -0.481 e. The number of amides is 1. The first-order valence-electron chi connectivity index (χ1n) is 6.98. The molecule has 1 fully saturated rings. The number of anilines is 1. The maximum atomic E-state index is 12.5. The number of nitrogens with zero attached hydrogens (tertiary/aromatic N) is 1. The van der Waals surface area contributed by atoms with Crippen molar-refractivity contribution >= 4 is 11.6 Å². The van der Waals surface area contributed by atoms with Crippen molar-refractivity contribution in [2.45, 2.75) is 6.42 Å². The summed E-state index contributed by atoms with van der Waals surface area (Å²) in [4.78, 5) is 16.7. The van der Waals surface area contributed by atoms with E-state index in [1.165, 1.54) is 30.9 Å². The number of carbonyl (C=O) groups excluding carboxylic acids is 1. The van der Waals surface area contributed by atoms with Crippen molar-refractivity contribution in [3.8, 4) is 11.8 Å². The Morgan fingerprint density at radius 1 is 1.18 bits per heavy atom. The maximum absolute atomic E-state index is 12.5. The zero-order chi connectivity index (χ0) is 15.3. The first kappa shape index (κ1) is 12.9. The van der Waals surface area contributed by atoms with E-state index < -0.39 is 0 Å². The molecule has 0 saturated heterocycles. The minimum absolute atomic E-state index is 0.162. The van der Waals surface area contributed by atoms with Crippen LogP contribution in [-0.2, 0) is 4.79 Å². The lowest BCUT2D eigenvalue weighted by molar-refractivity contribution is -0.112. The van der Waals surface area contributed by atoms with Gasteiger partial charge in [-0.3, -0.25) is 4.79 Å². The van der Waals surface area contributed by atoms with Gasteiger partial charge in [-0.25, -0.2) is 0 Å². The van der Waals surface area contributed by atoms with Gasteiger partial charge in [-0.15, -0.1) is 0 Å². The molecule has 5 heteroatoms. The van der Waals surface area contributed by atoms with E-state index in [0.717, 1.165) is 12.0 Å². The van der Waals surface area contributed by atoms with E-state index in [-0.39, 0.29) is 5.91 Å². The van der Waals surface area contributed by atoms with E-state index in [0.29, 0.717) is 23.0 Å². The number of carbonyl (C=O) groups is 1. The van der Waals surface area contributed by atoms with E-state index in [9.17, 15) is 4.79 Å². The molecule has 1 amide bonds. The normalized spacial score (nSPS) is 17.3. The molecule has 1 saturated carbocycles. The van der Waals surface area contributed by atoms with Crippen LogP contribution in [0.5, 0.6) is 11.8 Å². The molecule has 4 rings (SSSR count). The van der Waals surface area contributed by atoms with Crippen LogP contribution in [0.2, 0.25) is 0 Å². The van der Waals surface area contributed by atoms with Crippen molar-refractivity contribution in [3.05, 3.63) is 58.2 Å². The lowest BCUT2D eigenvalue weighted by atomic mass is 10.1. The molecular weight excluding hydrogens is 280 g/mol. The van der Waals surface area contributed by atoms with Crippen molar-refractivity contribution in [1.29, 1.82) is 0 Å². The molecule has 22 heavy (non-hydrogen) atoms. The summed E-state index contributed by atoms with van der Waals surface area (Å²) in [7, 11) is 3.04. The predicted molar refractivity (Wildman–Crippen MR) is 81.9 cm³/mol. The van der Waals surface area contributed by atoms with E-state index in [1.54, 1.807) is 12.1 Å². The molecule has 5 nitrogen and oxygen atoms in total. The van der Waals surface area contributed by atoms with Crippen molar-refractivity contribution < 1.29 is 14.3 Å². The second-order valence-electron chi connectivity index (χ2n) is 5.26. The first-order valence-corrected chi connectivity index (χ1v) is 6.98. The Bertz CT molecular complexity index is 828. The second-order valence-corrected chi connectivity index (χ2v) is 5.26. The van der Waals surface area contributed by atoms with Crippen molar-refractivity contribution in [3.63, 3.8) is 0 Å². The summed E-state index contributed by atoms with van der Waals surface area (Å²) in [6.45, 7) is 0. The molecular formula is C17H14N2O3. The standard InChI is InChI=1S/C17H14N2O3/c1-21-15-6-5-14(17(19-15)22-2)18-16(20)11-4-3-10-12-7-9(12)8-13(10)11/h3-6,8H,7H2,1-2H3,(H,18,20). The molecule has 3 aliphatic rings. The average molecular weight is 294 g/mol. The van der Waals surface area contributed by atoms with Crippen LogP contribution < -0.4 is 14.8 Å². The third-order valence-corrected chi connectivity index (χ3v) is 4.00. The molecule has 0 bridgehead atoms. The summed E-state index contributed by atoms with van der Waals surface area (Å²) in [5.41, 5.74) is 6.14. The van der Waals surface area contributed by atoms with Crippen LogP contribution in [0.3, 0.4) is 0 Å². The van der Waals surface area contributed by atoms with Crippen LogP contribution in [0.4, 0.5) is 5.69 Å². The van der Waals surface area contributed by atoms with Gasteiger partial charge in [0.25, 0.3) is 5.91 Å². The van der Waals surface area contributed by atoms with Crippen molar-refractivity contribution in [1.82, 2.24) is 4.98 Å². The quantitative estimate of drug-likeness (QED) is 0.927. The fraction of sp³-hybridized carbons (Fsp3) is 0.176. The van der Waals surface area contributed by atoms with Crippen LogP contribution in [0.1, 0.15) is 6.42 Å². The topological polar surface area (TPSA) is 60.5 Å². The molecule has 1 heterocycles. The highest BCUT2D eigenvalue weighted by Crippen LogP contribution is 2.51.